The molecule has 4 fully saturated rings. The van der Waals surface area contributed by atoms with Gasteiger partial charge in [0.15, 0.2) is 11.6 Å². The quantitative estimate of drug-likeness (QED) is 0.344. The predicted molar refractivity (Wildman–Crippen MR) is 158 cm³/mol. The summed E-state index contributed by atoms with van der Waals surface area (Å²) < 4.78 is 25.4. The lowest BCUT2D eigenvalue weighted by atomic mass is 9.53. The molecule has 0 bridgehead atoms. The molecule has 8 heteroatoms. The Hall–Kier alpha value is -1.80. The first-order chi connectivity index (χ1) is 19.2. The number of fused-ring (bicyclic) bond motifs is 2. The molecule has 0 N–H and O–H groups in total. The molecular formula is C34H54O8. The lowest BCUT2D eigenvalue weighted by molar-refractivity contribution is -0.223. The number of carbonyl (C=O) groups excluding carboxylic acids is 4. The molecule has 0 aromatic carbocycles. The Morgan fingerprint density at radius 2 is 0.976 bits per heavy atom. The average Bonchev–Trinajstić information content (AvgIpc) is 3.00. The molecule has 0 aromatic heterocycles. The van der Waals surface area contributed by atoms with Crippen LogP contribution in [0.5, 0.6) is 0 Å². The largest absolute Gasteiger partial charge is 0.459 e. The molecule has 0 aromatic rings. The second-order valence-electron chi connectivity index (χ2n) is 15.7. The fourth-order valence-corrected chi connectivity index (χ4v) is 9.46. The van der Waals surface area contributed by atoms with Gasteiger partial charge < -0.3 is 18.9 Å². The van der Waals surface area contributed by atoms with Gasteiger partial charge >= 0.3 is 11.9 Å². The Balaban J connectivity index is 1.75. The van der Waals surface area contributed by atoms with Crippen molar-refractivity contribution in [1.82, 2.24) is 0 Å². The van der Waals surface area contributed by atoms with Crippen LogP contribution >= 0.6 is 0 Å². The lowest BCUT2D eigenvalue weighted by Crippen LogP contribution is -2.60. The van der Waals surface area contributed by atoms with Gasteiger partial charge in [-0.3, -0.25) is 19.2 Å². The third-order valence-corrected chi connectivity index (χ3v) is 11.8. The average molecular weight is 591 g/mol. The van der Waals surface area contributed by atoms with Crippen LogP contribution in [0.15, 0.2) is 0 Å². The highest BCUT2D eigenvalue weighted by atomic mass is 16.6. The van der Waals surface area contributed by atoms with E-state index in [1.54, 1.807) is 0 Å². The molecule has 2 saturated carbocycles. The molecule has 2 heterocycles. The lowest BCUT2D eigenvalue weighted by Gasteiger charge is -2.58. The van der Waals surface area contributed by atoms with Gasteiger partial charge in [0.25, 0.3) is 0 Å². The van der Waals surface area contributed by atoms with Crippen LogP contribution < -0.4 is 0 Å². The van der Waals surface area contributed by atoms with E-state index in [9.17, 15) is 19.2 Å². The van der Waals surface area contributed by atoms with Crippen LogP contribution in [-0.2, 0) is 38.1 Å². The fourth-order valence-electron chi connectivity index (χ4n) is 9.46. The minimum Gasteiger partial charge on any atom is -0.459 e. The number of hydrogen-bond acceptors (Lipinski definition) is 8. The molecule has 0 radical (unpaired) electrons. The summed E-state index contributed by atoms with van der Waals surface area (Å²) >= 11 is 0. The van der Waals surface area contributed by atoms with Crippen LogP contribution in [-0.4, -0.2) is 58.1 Å². The van der Waals surface area contributed by atoms with Crippen molar-refractivity contribution in [2.24, 2.45) is 22.7 Å². The normalized spacial score (nSPS) is 43.3. The number of Topliss-reactive ketones (excluding diaryl/α,β-unsaturated/α-hetero) is 2. The third-order valence-electron chi connectivity index (χ3n) is 11.8. The topological polar surface area (TPSA) is 105 Å². The highest BCUT2D eigenvalue weighted by molar-refractivity contribution is 5.87. The van der Waals surface area contributed by atoms with Gasteiger partial charge in [-0.05, 0) is 92.9 Å². The zero-order valence-corrected chi connectivity index (χ0v) is 27.6. The SMILES string of the molecule is CC(=O)O[C@]1(C)CC[C@@H]2OC(C)(C)C(=O)CC[C@@]2(C)[C@@H]1CC[C@H]1[C@]2(C)CCC(=O)C(C)(C)O[C@H]2CC[C@]1(C)OC(C)=O. The van der Waals surface area contributed by atoms with Crippen LogP contribution in [0.1, 0.15) is 133 Å². The Labute approximate surface area is 252 Å². The van der Waals surface area contributed by atoms with E-state index in [0.29, 0.717) is 64.2 Å². The van der Waals surface area contributed by atoms with Crippen LogP contribution in [0.3, 0.4) is 0 Å². The summed E-state index contributed by atoms with van der Waals surface area (Å²) in [7, 11) is 0. The zero-order chi connectivity index (χ0) is 31.5. The smallest absolute Gasteiger partial charge is 0.303 e. The molecule has 0 spiro atoms. The van der Waals surface area contributed by atoms with Gasteiger partial charge in [-0.1, -0.05) is 13.8 Å². The van der Waals surface area contributed by atoms with E-state index in [-0.39, 0.29) is 47.5 Å². The first-order valence-electron chi connectivity index (χ1n) is 16.0. The molecule has 0 amide bonds. The van der Waals surface area contributed by atoms with Crippen molar-refractivity contribution < 1.29 is 38.1 Å². The van der Waals surface area contributed by atoms with E-state index < -0.39 is 33.2 Å². The van der Waals surface area contributed by atoms with E-state index in [1.807, 2.05) is 41.5 Å². The maximum atomic E-state index is 13.1. The van der Waals surface area contributed by atoms with Gasteiger partial charge in [-0.25, -0.2) is 0 Å². The van der Waals surface area contributed by atoms with Crippen molar-refractivity contribution in [1.29, 1.82) is 0 Å². The Kier molecular flexibility index (Phi) is 8.65. The molecule has 8 nitrogen and oxygen atoms in total. The summed E-state index contributed by atoms with van der Waals surface area (Å²) in [6, 6.07) is 0. The second-order valence-corrected chi connectivity index (χ2v) is 15.7. The van der Waals surface area contributed by atoms with E-state index in [1.165, 1.54) is 13.8 Å². The van der Waals surface area contributed by atoms with Gasteiger partial charge in [-0.2, -0.15) is 0 Å². The number of ether oxygens (including phenoxy) is 4. The van der Waals surface area contributed by atoms with Crippen LogP contribution in [0.2, 0.25) is 0 Å². The summed E-state index contributed by atoms with van der Waals surface area (Å²) in [5, 5.41) is 0. The second kappa shape index (κ2) is 11.0. The molecule has 8 atom stereocenters. The van der Waals surface area contributed by atoms with Crippen LogP contribution in [0.25, 0.3) is 0 Å². The minimum atomic E-state index is -0.864. The van der Waals surface area contributed by atoms with Crippen LogP contribution in [0.4, 0.5) is 0 Å². The van der Waals surface area contributed by atoms with Crippen LogP contribution in [0, 0.1) is 22.7 Å². The Morgan fingerprint density at radius 3 is 1.29 bits per heavy atom. The molecule has 4 rings (SSSR count). The van der Waals surface area contributed by atoms with Crippen molar-refractivity contribution in [3.63, 3.8) is 0 Å². The summed E-state index contributed by atoms with van der Waals surface area (Å²) in [6.45, 7) is 18.8. The standard InChI is InChI=1S/C34H54O8/c1-21(35)39-33(9)19-15-27-31(7,17-13-25(37)29(3,4)41-27)23(33)11-12-24-32(8)18-14-26(38)30(5,6)42-28(32)16-20-34(24,10)40-22(2)36/h23-24,27-28H,11-20H2,1-10H3/t23-,24-,27-,28-,31-,32-,33-,34+/m0/s1. The maximum absolute atomic E-state index is 13.1. The highest BCUT2D eigenvalue weighted by Crippen LogP contribution is 2.60. The number of hydrogen-bond donors (Lipinski definition) is 0. The molecule has 4 aliphatic rings. The fraction of sp³-hybridized carbons (Fsp3) is 0.882. The van der Waals surface area contributed by atoms with E-state index in [4.69, 9.17) is 18.9 Å². The Morgan fingerprint density at radius 1 is 0.643 bits per heavy atom. The molecular weight excluding hydrogens is 536 g/mol. The van der Waals surface area contributed by atoms with Crippen molar-refractivity contribution in [3.05, 3.63) is 0 Å². The molecule has 238 valence electrons. The van der Waals surface area contributed by atoms with E-state index in [0.717, 1.165) is 0 Å². The Bertz CT molecular complexity index is 1020. The van der Waals surface area contributed by atoms with Gasteiger partial charge in [0.1, 0.15) is 22.4 Å². The van der Waals surface area contributed by atoms with Crippen molar-refractivity contribution in [3.8, 4) is 0 Å². The van der Waals surface area contributed by atoms with E-state index in [2.05, 4.69) is 13.8 Å². The predicted octanol–water partition coefficient (Wildman–Crippen LogP) is 6.30. The maximum Gasteiger partial charge on any atom is 0.303 e. The van der Waals surface area contributed by atoms with Crippen molar-refractivity contribution in [2.45, 2.75) is 168 Å². The summed E-state index contributed by atoms with van der Waals surface area (Å²) in [5.74, 6) is -0.627. The highest BCUT2D eigenvalue weighted by Gasteiger charge is 2.61. The van der Waals surface area contributed by atoms with Gasteiger partial charge in [0.2, 0.25) is 0 Å². The monoisotopic (exact) mass is 590 g/mol. The third kappa shape index (κ3) is 5.83. The van der Waals surface area contributed by atoms with E-state index >= 15 is 0 Å². The number of rotatable bonds is 5. The number of esters is 2. The summed E-state index contributed by atoms with van der Waals surface area (Å²) in [5.41, 5.74) is -4.01. The van der Waals surface area contributed by atoms with Gasteiger partial charge in [-0.15, -0.1) is 0 Å². The summed E-state index contributed by atoms with van der Waals surface area (Å²) in [4.78, 5) is 51.0. The van der Waals surface area contributed by atoms with Crippen molar-refractivity contribution in [2.75, 3.05) is 0 Å². The first-order valence-corrected chi connectivity index (χ1v) is 16.0. The van der Waals surface area contributed by atoms with Crippen molar-refractivity contribution >= 4 is 23.5 Å². The first kappa shape index (κ1) is 33.1. The number of carbonyl (C=O) groups is 4. The molecule has 2 aliphatic carbocycles. The minimum absolute atomic E-state index is 0.0929. The van der Waals surface area contributed by atoms with Gasteiger partial charge in [0, 0.05) is 49.4 Å². The molecule has 0 unspecified atom stereocenters. The molecule has 42 heavy (non-hydrogen) atoms. The molecule has 2 saturated heterocycles. The summed E-state index contributed by atoms with van der Waals surface area (Å²) in [6.07, 6.45) is 5.88. The zero-order valence-electron chi connectivity index (χ0n) is 27.6. The number of ketones is 2. The molecule has 2 aliphatic heterocycles. The van der Waals surface area contributed by atoms with Gasteiger partial charge in [0.05, 0.1) is 12.2 Å².